The number of pyridine rings is 1. The molecule has 3 aromatic rings. The summed E-state index contributed by atoms with van der Waals surface area (Å²) in [7, 11) is 0. The number of halogens is 3. The minimum Gasteiger partial charge on any atom is -0.397 e. The van der Waals surface area contributed by atoms with Crippen molar-refractivity contribution in [2.75, 3.05) is 5.73 Å². The summed E-state index contributed by atoms with van der Waals surface area (Å²) in [6.45, 7) is 0.162. The van der Waals surface area contributed by atoms with Crippen LogP contribution < -0.4 is 5.73 Å². The fourth-order valence-corrected chi connectivity index (χ4v) is 2.17. The molecule has 0 amide bonds. The molecule has 0 atom stereocenters. The Kier molecular flexibility index (Phi) is 3.02. The lowest BCUT2D eigenvalue weighted by Gasteiger charge is -2.06. The molecule has 0 aliphatic rings. The third-order valence-corrected chi connectivity index (χ3v) is 3.12. The van der Waals surface area contributed by atoms with Gasteiger partial charge in [-0.05, 0) is 6.07 Å². The summed E-state index contributed by atoms with van der Waals surface area (Å²) in [5, 5.41) is 0.233. The van der Waals surface area contributed by atoms with Crippen LogP contribution in [0, 0.1) is 11.6 Å². The van der Waals surface area contributed by atoms with Crippen LogP contribution in [-0.2, 0) is 6.54 Å². The standard InChI is InChI=1S/C13H9ClF2N4/c14-11-4-10(17)12-13(19-11)20(6-18-12)5-7-1-2-8(15)3-9(7)16/h1-4,6H,5H2,(H2,17,19). The average molecular weight is 295 g/mol. The van der Waals surface area contributed by atoms with Gasteiger partial charge in [0.05, 0.1) is 18.6 Å². The van der Waals surface area contributed by atoms with E-state index in [0.717, 1.165) is 6.07 Å². The molecule has 0 unspecified atom stereocenters. The van der Waals surface area contributed by atoms with Crippen molar-refractivity contribution in [2.24, 2.45) is 0 Å². The number of anilines is 1. The van der Waals surface area contributed by atoms with Gasteiger partial charge in [0.2, 0.25) is 0 Å². The van der Waals surface area contributed by atoms with Crippen molar-refractivity contribution in [3.63, 3.8) is 0 Å². The van der Waals surface area contributed by atoms with Gasteiger partial charge in [-0.25, -0.2) is 18.7 Å². The molecule has 0 aliphatic heterocycles. The molecule has 20 heavy (non-hydrogen) atoms. The highest BCUT2D eigenvalue weighted by Gasteiger charge is 2.11. The van der Waals surface area contributed by atoms with Crippen molar-refractivity contribution in [1.82, 2.24) is 14.5 Å². The first-order chi connectivity index (χ1) is 9.54. The molecule has 3 rings (SSSR count). The van der Waals surface area contributed by atoms with Crippen LogP contribution in [0.3, 0.4) is 0 Å². The van der Waals surface area contributed by atoms with Gasteiger partial charge in [-0.1, -0.05) is 17.7 Å². The Bertz CT molecular complexity index is 800. The van der Waals surface area contributed by atoms with E-state index >= 15 is 0 Å². The number of imidazole rings is 1. The van der Waals surface area contributed by atoms with Gasteiger partial charge in [0.15, 0.2) is 5.65 Å². The van der Waals surface area contributed by atoms with E-state index in [9.17, 15) is 8.78 Å². The van der Waals surface area contributed by atoms with Crippen molar-refractivity contribution < 1.29 is 8.78 Å². The first kappa shape index (κ1) is 12.8. The van der Waals surface area contributed by atoms with Crippen LogP contribution in [0.4, 0.5) is 14.5 Å². The average Bonchev–Trinajstić information content (AvgIpc) is 2.76. The van der Waals surface area contributed by atoms with Crippen LogP contribution >= 0.6 is 11.6 Å². The van der Waals surface area contributed by atoms with E-state index in [1.807, 2.05) is 0 Å². The van der Waals surface area contributed by atoms with E-state index in [1.165, 1.54) is 24.5 Å². The van der Waals surface area contributed by atoms with Crippen LogP contribution in [0.5, 0.6) is 0 Å². The molecule has 102 valence electrons. The summed E-state index contributed by atoms with van der Waals surface area (Å²) < 4.78 is 28.1. The van der Waals surface area contributed by atoms with Crippen LogP contribution in [0.2, 0.25) is 5.15 Å². The highest BCUT2D eigenvalue weighted by Crippen LogP contribution is 2.22. The summed E-state index contributed by atoms with van der Waals surface area (Å²) in [4.78, 5) is 8.25. The maximum atomic E-state index is 13.7. The number of fused-ring (bicyclic) bond motifs is 1. The maximum absolute atomic E-state index is 13.7. The number of nitrogens with zero attached hydrogens (tertiary/aromatic N) is 3. The Morgan fingerprint density at radius 3 is 2.80 bits per heavy atom. The van der Waals surface area contributed by atoms with Gasteiger partial charge >= 0.3 is 0 Å². The van der Waals surface area contributed by atoms with Gasteiger partial charge in [-0.15, -0.1) is 0 Å². The number of nitrogen functional groups attached to an aromatic ring is 1. The topological polar surface area (TPSA) is 56.7 Å². The second-order valence-electron chi connectivity index (χ2n) is 4.31. The Hall–Kier alpha value is -2.21. The zero-order valence-electron chi connectivity index (χ0n) is 10.1. The van der Waals surface area contributed by atoms with E-state index in [2.05, 4.69) is 9.97 Å². The second-order valence-corrected chi connectivity index (χ2v) is 4.70. The summed E-state index contributed by atoms with van der Waals surface area (Å²) in [6, 6.07) is 4.92. The zero-order chi connectivity index (χ0) is 14.3. The van der Waals surface area contributed by atoms with Crippen LogP contribution in [0.15, 0.2) is 30.6 Å². The molecule has 0 fully saturated rings. The summed E-state index contributed by atoms with van der Waals surface area (Å²) in [6.07, 6.45) is 1.49. The van der Waals surface area contributed by atoms with Crippen molar-refractivity contribution >= 4 is 28.5 Å². The lowest BCUT2D eigenvalue weighted by Crippen LogP contribution is -2.02. The van der Waals surface area contributed by atoms with E-state index in [1.54, 1.807) is 4.57 Å². The zero-order valence-corrected chi connectivity index (χ0v) is 10.9. The molecular weight excluding hydrogens is 286 g/mol. The molecule has 0 bridgehead atoms. The normalized spacial score (nSPS) is 11.2. The largest absolute Gasteiger partial charge is 0.397 e. The van der Waals surface area contributed by atoms with Crippen molar-refractivity contribution in [3.8, 4) is 0 Å². The number of nitrogens with two attached hydrogens (primary N) is 1. The Balaban J connectivity index is 2.07. The Labute approximate surface area is 117 Å². The quantitative estimate of drug-likeness (QED) is 0.739. The van der Waals surface area contributed by atoms with Crippen molar-refractivity contribution in [2.45, 2.75) is 6.54 Å². The smallest absolute Gasteiger partial charge is 0.163 e. The molecule has 4 nitrogen and oxygen atoms in total. The minimum atomic E-state index is -0.623. The summed E-state index contributed by atoms with van der Waals surface area (Å²) >= 11 is 5.85. The molecule has 2 aromatic heterocycles. The Morgan fingerprint density at radius 1 is 1.25 bits per heavy atom. The first-order valence-electron chi connectivity index (χ1n) is 5.75. The minimum absolute atomic E-state index is 0.162. The molecular formula is C13H9ClF2N4. The second kappa shape index (κ2) is 4.72. The number of hydrogen-bond acceptors (Lipinski definition) is 3. The number of aromatic nitrogens is 3. The lowest BCUT2D eigenvalue weighted by molar-refractivity contribution is 0.567. The fraction of sp³-hybridized carbons (Fsp3) is 0.0769. The van der Waals surface area contributed by atoms with Gasteiger partial charge in [0.1, 0.15) is 22.3 Å². The van der Waals surface area contributed by atoms with Gasteiger partial charge in [-0.2, -0.15) is 0 Å². The summed E-state index contributed by atoms with van der Waals surface area (Å²) in [5.74, 6) is -1.24. The lowest BCUT2D eigenvalue weighted by atomic mass is 10.2. The molecule has 7 heteroatoms. The molecule has 1 aromatic carbocycles. The number of rotatable bonds is 2. The van der Waals surface area contributed by atoms with Crippen molar-refractivity contribution in [3.05, 3.63) is 52.9 Å². The molecule has 0 aliphatic carbocycles. The first-order valence-corrected chi connectivity index (χ1v) is 6.13. The predicted octanol–water partition coefficient (Wildman–Crippen LogP) is 2.99. The van der Waals surface area contributed by atoms with Crippen LogP contribution in [0.1, 0.15) is 5.56 Å². The van der Waals surface area contributed by atoms with Gasteiger partial charge in [0, 0.05) is 17.7 Å². The predicted molar refractivity (Wildman–Crippen MR) is 72.4 cm³/mol. The molecule has 2 heterocycles. The SMILES string of the molecule is Nc1cc(Cl)nc2c1ncn2Cc1ccc(F)cc1F. The monoisotopic (exact) mass is 294 g/mol. The van der Waals surface area contributed by atoms with Crippen LogP contribution in [-0.4, -0.2) is 14.5 Å². The molecule has 0 radical (unpaired) electrons. The number of benzene rings is 1. The highest BCUT2D eigenvalue weighted by atomic mass is 35.5. The Morgan fingerprint density at radius 2 is 2.05 bits per heavy atom. The number of hydrogen-bond donors (Lipinski definition) is 1. The van der Waals surface area contributed by atoms with E-state index in [-0.39, 0.29) is 11.7 Å². The summed E-state index contributed by atoms with van der Waals surface area (Å²) in [5.41, 5.74) is 7.47. The van der Waals surface area contributed by atoms with E-state index < -0.39 is 11.6 Å². The maximum Gasteiger partial charge on any atom is 0.163 e. The molecule has 0 saturated carbocycles. The van der Waals surface area contributed by atoms with Gasteiger partial charge in [0.25, 0.3) is 0 Å². The highest BCUT2D eigenvalue weighted by molar-refractivity contribution is 6.30. The van der Waals surface area contributed by atoms with E-state index in [4.69, 9.17) is 17.3 Å². The van der Waals surface area contributed by atoms with E-state index in [0.29, 0.717) is 22.4 Å². The molecule has 0 spiro atoms. The van der Waals surface area contributed by atoms with Crippen LogP contribution in [0.25, 0.3) is 11.2 Å². The van der Waals surface area contributed by atoms with Gasteiger partial charge in [-0.3, -0.25) is 0 Å². The molecule has 2 N–H and O–H groups in total. The van der Waals surface area contributed by atoms with Crippen molar-refractivity contribution in [1.29, 1.82) is 0 Å². The third-order valence-electron chi connectivity index (χ3n) is 2.93. The molecule has 0 saturated heterocycles. The third kappa shape index (κ3) is 2.18. The fourth-order valence-electron chi connectivity index (χ4n) is 1.98. The van der Waals surface area contributed by atoms with Gasteiger partial charge < -0.3 is 10.3 Å².